The van der Waals surface area contributed by atoms with Crippen molar-refractivity contribution in [2.45, 2.75) is 11.8 Å². The van der Waals surface area contributed by atoms with E-state index in [1.54, 1.807) is 19.1 Å². The van der Waals surface area contributed by atoms with E-state index >= 15 is 0 Å². The molecule has 0 radical (unpaired) electrons. The van der Waals surface area contributed by atoms with Crippen LogP contribution < -0.4 is 10.8 Å². The molecule has 0 aliphatic heterocycles. The van der Waals surface area contributed by atoms with Gasteiger partial charge in [-0.2, -0.15) is 4.31 Å². The molecule has 0 heterocycles. The number of hydrogen-bond acceptors (Lipinski definition) is 5. The summed E-state index contributed by atoms with van der Waals surface area (Å²) in [6.07, 6.45) is 0. The first-order valence-electron chi connectivity index (χ1n) is 6.04. The molecule has 0 spiro atoms. The second-order valence-electron chi connectivity index (χ2n) is 4.10. The Balaban J connectivity index is 2.83. The van der Waals surface area contributed by atoms with Crippen LogP contribution in [0.2, 0.25) is 0 Å². The smallest absolute Gasteiger partial charge is 0.258 e. The summed E-state index contributed by atoms with van der Waals surface area (Å²) in [4.78, 5) is 11.1. The minimum atomic E-state index is -3.78. The van der Waals surface area contributed by atoms with Gasteiger partial charge in [0, 0.05) is 12.7 Å². The molecule has 3 N–H and O–H groups in total. The number of rotatable bonds is 6. The third-order valence-electron chi connectivity index (χ3n) is 2.61. The Labute approximate surface area is 124 Å². The highest BCUT2D eigenvalue weighted by Gasteiger charge is 2.22. The summed E-state index contributed by atoms with van der Waals surface area (Å²) in [5, 5.41) is 11.4. The number of benzene rings is 1. The first kappa shape index (κ1) is 17.0. The lowest BCUT2D eigenvalue weighted by molar-refractivity contribution is -0.129. The Kier molecular flexibility index (Phi) is 6.17. The van der Waals surface area contributed by atoms with E-state index in [4.69, 9.17) is 5.21 Å². The third-order valence-corrected chi connectivity index (χ3v) is 4.43. The van der Waals surface area contributed by atoms with Crippen LogP contribution in [0.15, 0.2) is 29.2 Å². The number of hydroxylamine groups is 1. The van der Waals surface area contributed by atoms with Gasteiger partial charge in [0.15, 0.2) is 0 Å². The Morgan fingerprint density at radius 2 is 1.95 bits per heavy atom. The van der Waals surface area contributed by atoms with Crippen LogP contribution in [0.5, 0.6) is 0 Å². The number of sulfonamides is 1. The lowest BCUT2D eigenvalue weighted by Gasteiger charge is -2.16. The summed E-state index contributed by atoms with van der Waals surface area (Å²) in [7, 11) is -2.52. The molecular formula is C13H17N3O4S. The van der Waals surface area contributed by atoms with E-state index in [2.05, 4.69) is 17.2 Å². The van der Waals surface area contributed by atoms with Gasteiger partial charge in [-0.25, -0.2) is 13.9 Å². The number of likely N-dealkylation sites (N-methyl/N-ethyl adjacent to an activating group) is 1. The Hall–Kier alpha value is -2.08. The van der Waals surface area contributed by atoms with E-state index in [0.717, 1.165) is 9.99 Å². The Morgan fingerprint density at radius 3 is 2.48 bits per heavy atom. The predicted molar refractivity (Wildman–Crippen MR) is 78.1 cm³/mol. The van der Waals surface area contributed by atoms with E-state index < -0.39 is 22.5 Å². The molecule has 114 valence electrons. The summed E-state index contributed by atoms with van der Waals surface area (Å²) in [5.74, 6) is 4.76. The lowest BCUT2D eigenvalue weighted by atomic mass is 10.3. The highest BCUT2D eigenvalue weighted by molar-refractivity contribution is 7.89. The summed E-state index contributed by atoms with van der Waals surface area (Å²) in [5.41, 5.74) is 2.13. The molecule has 0 unspecified atom stereocenters. The number of amides is 1. The predicted octanol–water partition coefficient (Wildman–Crippen LogP) is 0.248. The summed E-state index contributed by atoms with van der Waals surface area (Å²) in [6.45, 7) is 1.74. The highest BCUT2D eigenvalue weighted by atomic mass is 32.2. The van der Waals surface area contributed by atoms with Gasteiger partial charge in [0.2, 0.25) is 10.0 Å². The van der Waals surface area contributed by atoms with Crippen LogP contribution in [0, 0.1) is 11.8 Å². The summed E-state index contributed by atoms with van der Waals surface area (Å²) < 4.78 is 25.2. The monoisotopic (exact) mass is 311 g/mol. The van der Waals surface area contributed by atoms with Crippen molar-refractivity contribution in [3.05, 3.63) is 24.3 Å². The molecule has 0 aliphatic carbocycles. The Bertz CT molecular complexity index is 644. The van der Waals surface area contributed by atoms with Crippen molar-refractivity contribution < 1.29 is 18.4 Å². The van der Waals surface area contributed by atoms with Crippen LogP contribution in [-0.2, 0) is 14.8 Å². The van der Waals surface area contributed by atoms with E-state index in [0.29, 0.717) is 6.54 Å². The summed E-state index contributed by atoms with van der Waals surface area (Å²) >= 11 is 0. The van der Waals surface area contributed by atoms with Gasteiger partial charge in [-0.3, -0.25) is 10.0 Å². The van der Waals surface area contributed by atoms with Crippen molar-refractivity contribution in [2.24, 2.45) is 0 Å². The molecule has 0 bridgehead atoms. The molecule has 1 aromatic rings. The molecule has 1 aromatic carbocycles. The first-order chi connectivity index (χ1) is 9.91. The van der Waals surface area contributed by atoms with Crippen molar-refractivity contribution in [3.63, 3.8) is 0 Å². The van der Waals surface area contributed by atoms with Crippen LogP contribution in [0.1, 0.15) is 6.92 Å². The van der Waals surface area contributed by atoms with Gasteiger partial charge >= 0.3 is 0 Å². The van der Waals surface area contributed by atoms with Crippen LogP contribution in [0.25, 0.3) is 0 Å². The van der Waals surface area contributed by atoms with Gasteiger partial charge in [0.25, 0.3) is 5.91 Å². The Morgan fingerprint density at radius 1 is 1.33 bits per heavy atom. The number of nitrogens with zero attached hydrogens (tertiary/aromatic N) is 1. The fourth-order valence-corrected chi connectivity index (χ4v) is 2.61. The first-order valence-corrected chi connectivity index (χ1v) is 7.48. The molecule has 0 atom stereocenters. The van der Waals surface area contributed by atoms with Crippen molar-refractivity contribution in [1.29, 1.82) is 0 Å². The zero-order valence-corrected chi connectivity index (χ0v) is 12.6. The maximum absolute atomic E-state index is 12.2. The maximum atomic E-state index is 12.2. The molecule has 0 saturated carbocycles. The van der Waals surface area contributed by atoms with Gasteiger partial charge in [0.05, 0.1) is 18.0 Å². The van der Waals surface area contributed by atoms with Crippen LogP contribution in [0.4, 0.5) is 5.69 Å². The quantitative estimate of drug-likeness (QED) is 0.397. The van der Waals surface area contributed by atoms with Gasteiger partial charge in [0.1, 0.15) is 0 Å². The second kappa shape index (κ2) is 7.64. The normalized spacial score (nSPS) is 10.7. The number of anilines is 1. The number of carbonyl (C=O) groups is 1. The van der Waals surface area contributed by atoms with Crippen molar-refractivity contribution in [2.75, 3.05) is 25.5 Å². The van der Waals surface area contributed by atoms with Gasteiger partial charge < -0.3 is 5.32 Å². The number of hydrogen-bond donors (Lipinski definition) is 3. The van der Waals surface area contributed by atoms with E-state index in [9.17, 15) is 13.2 Å². The average Bonchev–Trinajstić information content (AvgIpc) is 2.47. The fraction of sp³-hybridized carbons (Fsp3) is 0.308. The standard InChI is InChI=1S/C13H17N3O4S/c1-3-4-9-14-11-5-7-12(8-6-11)21(19,20)16(2)10-13(17)15-18/h5-8,14,18H,9-10H2,1-2H3,(H,15,17). The SMILES string of the molecule is CC#CCNc1ccc(S(=O)(=O)N(C)CC(=O)NO)cc1. The molecule has 0 fully saturated rings. The minimum absolute atomic E-state index is 0.0582. The van der Waals surface area contributed by atoms with Crippen LogP contribution >= 0.6 is 0 Å². The highest BCUT2D eigenvalue weighted by Crippen LogP contribution is 2.17. The van der Waals surface area contributed by atoms with Crippen molar-refractivity contribution >= 4 is 21.6 Å². The topological polar surface area (TPSA) is 98.7 Å². The van der Waals surface area contributed by atoms with Crippen molar-refractivity contribution in [1.82, 2.24) is 9.79 Å². The van der Waals surface area contributed by atoms with Crippen LogP contribution in [0.3, 0.4) is 0 Å². The number of nitrogens with one attached hydrogen (secondary N) is 2. The average molecular weight is 311 g/mol. The molecule has 0 aliphatic rings. The second-order valence-corrected chi connectivity index (χ2v) is 6.15. The van der Waals surface area contributed by atoms with Crippen LogP contribution in [-0.4, -0.2) is 44.0 Å². The van der Waals surface area contributed by atoms with Gasteiger partial charge in [-0.05, 0) is 31.2 Å². The third kappa shape index (κ3) is 4.75. The minimum Gasteiger partial charge on any atom is -0.374 e. The lowest BCUT2D eigenvalue weighted by Crippen LogP contribution is -2.37. The maximum Gasteiger partial charge on any atom is 0.258 e. The molecule has 1 amide bonds. The largest absolute Gasteiger partial charge is 0.374 e. The van der Waals surface area contributed by atoms with E-state index in [-0.39, 0.29) is 4.90 Å². The summed E-state index contributed by atoms with van der Waals surface area (Å²) in [6, 6.07) is 6.10. The van der Waals surface area contributed by atoms with Crippen molar-refractivity contribution in [3.8, 4) is 11.8 Å². The molecule has 0 saturated heterocycles. The molecule has 0 aromatic heterocycles. The zero-order chi connectivity index (χ0) is 15.9. The van der Waals surface area contributed by atoms with E-state index in [1.165, 1.54) is 24.7 Å². The van der Waals surface area contributed by atoms with Gasteiger partial charge in [-0.1, -0.05) is 5.92 Å². The molecule has 7 nitrogen and oxygen atoms in total. The molecular weight excluding hydrogens is 294 g/mol. The van der Waals surface area contributed by atoms with Gasteiger partial charge in [-0.15, -0.1) is 5.92 Å². The van der Waals surface area contributed by atoms with E-state index in [1.807, 2.05) is 0 Å². The molecule has 8 heteroatoms. The fourth-order valence-electron chi connectivity index (χ4n) is 1.48. The zero-order valence-electron chi connectivity index (χ0n) is 11.8. The number of carbonyl (C=O) groups excluding carboxylic acids is 1. The molecule has 21 heavy (non-hydrogen) atoms. The molecule has 1 rings (SSSR count).